The molecule has 2 rings (SSSR count). The predicted molar refractivity (Wildman–Crippen MR) is 73.2 cm³/mol. The second-order valence-electron chi connectivity index (χ2n) is 3.95. The summed E-state index contributed by atoms with van der Waals surface area (Å²) in [6.45, 7) is 2.51. The van der Waals surface area contributed by atoms with Crippen LogP contribution in [0, 0.1) is 6.92 Å². The van der Waals surface area contributed by atoms with E-state index in [9.17, 15) is 4.79 Å². The molecule has 0 aliphatic heterocycles. The first-order valence-corrected chi connectivity index (χ1v) is 6.54. The van der Waals surface area contributed by atoms with Crippen molar-refractivity contribution >= 4 is 17.2 Å². The lowest BCUT2D eigenvalue weighted by molar-refractivity contribution is 0.0951. The summed E-state index contributed by atoms with van der Waals surface area (Å²) in [7, 11) is 1.61. The van der Waals surface area contributed by atoms with Crippen molar-refractivity contribution in [1.82, 2.24) is 5.32 Å². The zero-order valence-corrected chi connectivity index (χ0v) is 11.2. The van der Waals surface area contributed by atoms with E-state index in [0.29, 0.717) is 12.1 Å². The summed E-state index contributed by atoms with van der Waals surface area (Å²) in [5.74, 6) is 0.653. The van der Waals surface area contributed by atoms with Gasteiger partial charge in [0.05, 0.1) is 13.7 Å². The zero-order chi connectivity index (χ0) is 13.0. The van der Waals surface area contributed by atoms with Gasteiger partial charge in [0.25, 0.3) is 5.91 Å². The molecule has 0 saturated carbocycles. The fraction of sp³-hybridized carbons (Fsp3) is 0.214. The number of hydrogen-bond acceptors (Lipinski definition) is 3. The number of benzene rings is 1. The molecular formula is C14H15NO2S. The molecule has 1 aromatic carbocycles. The lowest BCUT2D eigenvalue weighted by Gasteiger charge is -2.08. The normalized spacial score (nSPS) is 10.1. The number of amides is 1. The average Bonchev–Trinajstić information content (AvgIpc) is 2.89. The number of carbonyl (C=O) groups is 1. The Morgan fingerprint density at radius 3 is 2.89 bits per heavy atom. The van der Waals surface area contributed by atoms with E-state index in [1.807, 2.05) is 36.6 Å². The van der Waals surface area contributed by atoms with Crippen molar-refractivity contribution in [2.45, 2.75) is 13.5 Å². The molecule has 0 bridgehead atoms. The quantitative estimate of drug-likeness (QED) is 0.918. The van der Waals surface area contributed by atoms with Gasteiger partial charge >= 0.3 is 0 Å². The summed E-state index contributed by atoms with van der Waals surface area (Å²) in [5, 5.41) is 4.88. The number of ether oxygens (including phenoxy) is 1. The molecule has 0 unspecified atom stereocenters. The van der Waals surface area contributed by atoms with E-state index < -0.39 is 0 Å². The van der Waals surface area contributed by atoms with Gasteiger partial charge in [-0.25, -0.2) is 0 Å². The van der Waals surface area contributed by atoms with Crippen LogP contribution >= 0.6 is 11.3 Å². The molecule has 1 heterocycles. The van der Waals surface area contributed by atoms with Crippen LogP contribution in [0.1, 0.15) is 20.8 Å². The Morgan fingerprint density at radius 2 is 2.22 bits per heavy atom. The van der Waals surface area contributed by atoms with Crippen LogP contribution < -0.4 is 10.1 Å². The molecular weight excluding hydrogens is 246 g/mol. The highest BCUT2D eigenvalue weighted by Gasteiger charge is 2.08. The molecule has 1 N–H and O–H groups in total. The van der Waals surface area contributed by atoms with Gasteiger partial charge in [0.15, 0.2) is 0 Å². The van der Waals surface area contributed by atoms with Gasteiger partial charge in [-0.05, 0) is 36.1 Å². The van der Waals surface area contributed by atoms with Crippen LogP contribution in [0.25, 0.3) is 0 Å². The van der Waals surface area contributed by atoms with E-state index in [2.05, 4.69) is 5.32 Å². The Morgan fingerprint density at radius 1 is 1.39 bits per heavy atom. The van der Waals surface area contributed by atoms with Gasteiger partial charge in [-0.1, -0.05) is 12.1 Å². The minimum atomic E-state index is -0.0818. The molecule has 18 heavy (non-hydrogen) atoms. The highest BCUT2D eigenvalue weighted by molar-refractivity contribution is 7.09. The molecule has 3 nitrogen and oxygen atoms in total. The summed E-state index contributed by atoms with van der Waals surface area (Å²) in [4.78, 5) is 13.1. The van der Waals surface area contributed by atoms with Crippen molar-refractivity contribution in [3.8, 4) is 5.75 Å². The fourth-order valence-electron chi connectivity index (χ4n) is 1.64. The Hall–Kier alpha value is -1.81. The molecule has 0 fully saturated rings. The molecule has 4 heteroatoms. The molecule has 94 valence electrons. The Kier molecular flexibility index (Phi) is 3.99. The minimum absolute atomic E-state index is 0.0818. The molecule has 1 aromatic heterocycles. The van der Waals surface area contributed by atoms with E-state index >= 15 is 0 Å². The van der Waals surface area contributed by atoms with Crippen LogP contribution in [0.15, 0.2) is 35.7 Å². The number of methoxy groups -OCH3 is 1. The van der Waals surface area contributed by atoms with E-state index in [-0.39, 0.29) is 5.91 Å². The summed E-state index contributed by atoms with van der Waals surface area (Å²) in [6.07, 6.45) is 0. The maximum absolute atomic E-state index is 12.0. The first-order chi connectivity index (χ1) is 8.70. The third-order valence-corrected chi connectivity index (χ3v) is 3.55. The second kappa shape index (κ2) is 5.69. The molecule has 0 aliphatic carbocycles. The summed E-state index contributed by atoms with van der Waals surface area (Å²) >= 11 is 1.63. The van der Waals surface area contributed by atoms with Gasteiger partial charge in [0.2, 0.25) is 0 Å². The third kappa shape index (κ3) is 2.90. The SMILES string of the molecule is COc1cc(C(=O)NCc2cccs2)ccc1C. The summed E-state index contributed by atoms with van der Waals surface area (Å²) < 4.78 is 5.21. The van der Waals surface area contributed by atoms with Crippen molar-refractivity contribution < 1.29 is 9.53 Å². The average molecular weight is 261 g/mol. The van der Waals surface area contributed by atoms with E-state index in [1.54, 1.807) is 24.5 Å². The van der Waals surface area contributed by atoms with Crippen LogP contribution in [0.4, 0.5) is 0 Å². The number of hydrogen-bond donors (Lipinski definition) is 1. The third-order valence-electron chi connectivity index (χ3n) is 2.67. The van der Waals surface area contributed by atoms with E-state index in [0.717, 1.165) is 16.2 Å². The molecule has 1 amide bonds. The monoisotopic (exact) mass is 261 g/mol. The van der Waals surface area contributed by atoms with Crippen molar-refractivity contribution in [2.75, 3.05) is 7.11 Å². The molecule has 0 atom stereocenters. The minimum Gasteiger partial charge on any atom is -0.496 e. The van der Waals surface area contributed by atoms with Crippen molar-refractivity contribution in [2.24, 2.45) is 0 Å². The van der Waals surface area contributed by atoms with Gasteiger partial charge in [0.1, 0.15) is 5.75 Å². The zero-order valence-electron chi connectivity index (χ0n) is 10.4. The fourth-order valence-corrected chi connectivity index (χ4v) is 2.29. The van der Waals surface area contributed by atoms with Crippen LogP contribution in [-0.2, 0) is 6.54 Å². The van der Waals surface area contributed by atoms with E-state index in [1.165, 1.54) is 0 Å². The standard InChI is InChI=1S/C14H15NO2S/c1-10-5-6-11(8-13(10)17-2)14(16)15-9-12-4-3-7-18-12/h3-8H,9H2,1-2H3,(H,15,16). The van der Waals surface area contributed by atoms with Crippen molar-refractivity contribution in [3.63, 3.8) is 0 Å². The summed E-state index contributed by atoms with van der Waals surface area (Å²) in [5.41, 5.74) is 1.64. The Bertz CT molecular complexity index is 535. The number of thiophene rings is 1. The molecule has 0 spiro atoms. The largest absolute Gasteiger partial charge is 0.496 e. The Balaban J connectivity index is 2.04. The van der Waals surface area contributed by atoms with Gasteiger partial charge in [-0.2, -0.15) is 0 Å². The van der Waals surface area contributed by atoms with Crippen LogP contribution in [0.5, 0.6) is 5.75 Å². The van der Waals surface area contributed by atoms with Gasteiger partial charge in [0, 0.05) is 10.4 Å². The molecule has 0 saturated heterocycles. The maximum atomic E-state index is 12.0. The van der Waals surface area contributed by atoms with Gasteiger partial charge in [-0.3, -0.25) is 4.79 Å². The van der Waals surface area contributed by atoms with Crippen LogP contribution in [-0.4, -0.2) is 13.0 Å². The molecule has 0 radical (unpaired) electrons. The van der Waals surface area contributed by atoms with Crippen LogP contribution in [0.2, 0.25) is 0 Å². The highest BCUT2D eigenvalue weighted by atomic mass is 32.1. The lowest BCUT2D eigenvalue weighted by Crippen LogP contribution is -2.22. The first kappa shape index (κ1) is 12.6. The van der Waals surface area contributed by atoms with E-state index in [4.69, 9.17) is 4.74 Å². The number of aryl methyl sites for hydroxylation is 1. The highest BCUT2D eigenvalue weighted by Crippen LogP contribution is 2.19. The number of rotatable bonds is 4. The van der Waals surface area contributed by atoms with Crippen molar-refractivity contribution in [1.29, 1.82) is 0 Å². The van der Waals surface area contributed by atoms with Crippen molar-refractivity contribution in [3.05, 3.63) is 51.7 Å². The first-order valence-electron chi connectivity index (χ1n) is 5.66. The second-order valence-corrected chi connectivity index (χ2v) is 4.98. The van der Waals surface area contributed by atoms with Crippen LogP contribution in [0.3, 0.4) is 0 Å². The molecule has 2 aromatic rings. The lowest BCUT2D eigenvalue weighted by atomic mass is 10.1. The smallest absolute Gasteiger partial charge is 0.251 e. The van der Waals surface area contributed by atoms with Gasteiger partial charge < -0.3 is 10.1 Å². The molecule has 0 aliphatic rings. The maximum Gasteiger partial charge on any atom is 0.251 e. The Labute approximate surface area is 110 Å². The number of nitrogens with one attached hydrogen (secondary N) is 1. The van der Waals surface area contributed by atoms with Gasteiger partial charge in [-0.15, -0.1) is 11.3 Å². The summed E-state index contributed by atoms with van der Waals surface area (Å²) in [6, 6.07) is 9.43. The predicted octanol–water partition coefficient (Wildman–Crippen LogP) is 3.00. The topological polar surface area (TPSA) is 38.3 Å². The number of carbonyl (C=O) groups excluding carboxylic acids is 1.